The monoisotopic (exact) mass is 290 g/mol. The van der Waals surface area contributed by atoms with E-state index in [0.717, 1.165) is 5.56 Å². The minimum atomic E-state index is -0.924. The molecule has 0 heterocycles. The van der Waals surface area contributed by atoms with Crippen molar-refractivity contribution in [3.05, 3.63) is 29.8 Å². The quantitative estimate of drug-likeness (QED) is 0.856. The Hall–Kier alpha value is -2.37. The van der Waals surface area contributed by atoms with E-state index in [2.05, 4.69) is 5.32 Å². The van der Waals surface area contributed by atoms with E-state index >= 15 is 0 Å². The molecule has 0 radical (unpaired) electrons. The number of rotatable bonds is 5. The van der Waals surface area contributed by atoms with Crippen molar-refractivity contribution in [3.8, 4) is 0 Å². The second-order valence-electron chi connectivity index (χ2n) is 5.35. The molecule has 0 spiro atoms. The molecule has 1 aromatic rings. The van der Waals surface area contributed by atoms with Crippen molar-refractivity contribution in [3.63, 3.8) is 0 Å². The maximum absolute atomic E-state index is 11.9. The van der Waals surface area contributed by atoms with Gasteiger partial charge in [-0.25, -0.2) is 0 Å². The lowest BCUT2D eigenvalue weighted by Gasteiger charge is -2.15. The largest absolute Gasteiger partial charge is 0.481 e. The molecule has 0 unspecified atom stereocenters. The number of nitrogens with zero attached hydrogens (tertiary/aromatic N) is 1. The molecule has 0 saturated heterocycles. The van der Waals surface area contributed by atoms with Gasteiger partial charge in [-0.3, -0.25) is 14.4 Å². The summed E-state index contributed by atoms with van der Waals surface area (Å²) in [5.41, 5.74) is 1.52. The first-order valence-electron chi connectivity index (χ1n) is 6.73. The van der Waals surface area contributed by atoms with Crippen LogP contribution in [0.1, 0.15) is 18.9 Å². The Morgan fingerprint density at radius 1 is 1.33 bits per heavy atom. The SMILES string of the molecule is CC(=O)N(C)Cc1cccc(NC(=O)[C@@H]2C[C@@H]2C(=O)O)c1. The first-order valence-corrected chi connectivity index (χ1v) is 6.73. The number of carbonyl (C=O) groups excluding carboxylic acids is 2. The minimum Gasteiger partial charge on any atom is -0.481 e. The Morgan fingerprint density at radius 3 is 2.62 bits per heavy atom. The molecule has 1 aliphatic rings. The Kier molecular flexibility index (Phi) is 4.26. The fraction of sp³-hybridized carbons (Fsp3) is 0.400. The highest BCUT2D eigenvalue weighted by atomic mass is 16.4. The van der Waals surface area contributed by atoms with Gasteiger partial charge in [-0.2, -0.15) is 0 Å². The van der Waals surface area contributed by atoms with E-state index in [1.165, 1.54) is 6.92 Å². The van der Waals surface area contributed by atoms with Crippen LogP contribution < -0.4 is 5.32 Å². The summed E-state index contributed by atoms with van der Waals surface area (Å²) in [6.07, 6.45) is 0.397. The average molecular weight is 290 g/mol. The Balaban J connectivity index is 1.97. The fourth-order valence-corrected chi connectivity index (χ4v) is 2.13. The highest BCUT2D eigenvalue weighted by Crippen LogP contribution is 2.39. The van der Waals surface area contributed by atoms with E-state index in [4.69, 9.17) is 5.11 Å². The summed E-state index contributed by atoms with van der Waals surface area (Å²) in [4.78, 5) is 35.4. The predicted molar refractivity (Wildman–Crippen MR) is 76.5 cm³/mol. The Bertz CT molecular complexity index is 585. The zero-order valence-corrected chi connectivity index (χ0v) is 12.0. The molecule has 6 heteroatoms. The van der Waals surface area contributed by atoms with Crippen LogP contribution in [0.15, 0.2) is 24.3 Å². The van der Waals surface area contributed by atoms with Gasteiger partial charge in [0.1, 0.15) is 0 Å². The van der Waals surface area contributed by atoms with E-state index in [-0.39, 0.29) is 11.8 Å². The van der Waals surface area contributed by atoms with Gasteiger partial charge in [0.05, 0.1) is 11.8 Å². The molecule has 0 aliphatic heterocycles. The van der Waals surface area contributed by atoms with E-state index in [9.17, 15) is 14.4 Å². The second kappa shape index (κ2) is 5.95. The summed E-state index contributed by atoms with van der Waals surface area (Å²) in [5.74, 6) is -2.22. The van der Waals surface area contributed by atoms with E-state index in [0.29, 0.717) is 18.7 Å². The average Bonchev–Trinajstić information content (AvgIpc) is 3.19. The third-order valence-electron chi connectivity index (χ3n) is 3.60. The van der Waals surface area contributed by atoms with Crippen molar-refractivity contribution in [2.75, 3.05) is 12.4 Å². The zero-order chi connectivity index (χ0) is 15.6. The van der Waals surface area contributed by atoms with Crippen LogP contribution in [-0.2, 0) is 20.9 Å². The van der Waals surface area contributed by atoms with Crippen molar-refractivity contribution in [2.24, 2.45) is 11.8 Å². The van der Waals surface area contributed by atoms with Crippen LogP contribution in [0.3, 0.4) is 0 Å². The normalized spacial score (nSPS) is 19.7. The molecule has 1 fully saturated rings. The molecular weight excluding hydrogens is 272 g/mol. The van der Waals surface area contributed by atoms with Crippen molar-refractivity contribution < 1.29 is 19.5 Å². The molecule has 6 nitrogen and oxygen atoms in total. The molecule has 2 rings (SSSR count). The molecule has 1 aromatic carbocycles. The van der Waals surface area contributed by atoms with Gasteiger partial charge in [0, 0.05) is 26.2 Å². The van der Waals surface area contributed by atoms with Crippen LogP contribution in [0.25, 0.3) is 0 Å². The second-order valence-corrected chi connectivity index (χ2v) is 5.35. The van der Waals surface area contributed by atoms with Gasteiger partial charge >= 0.3 is 5.97 Å². The zero-order valence-electron chi connectivity index (χ0n) is 12.0. The lowest BCUT2D eigenvalue weighted by atomic mass is 10.2. The molecule has 112 valence electrons. The molecule has 2 N–H and O–H groups in total. The Labute approximate surface area is 122 Å². The van der Waals surface area contributed by atoms with Gasteiger partial charge in [-0.1, -0.05) is 12.1 Å². The number of nitrogens with one attached hydrogen (secondary N) is 1. The van der Waals surface area contributed by atoms with E-state index in [1.807, 2.05) is 6.07 Å². The van der Waals surface area contributed by atoms with Crippen LogP contribution in [0.2, 0.25) is 0 Å². The number of carbonyl (C=O) groups is 3. The number of carboxylic acid groups (broad SMARTS) is 1. The van der Waals surface area contributed by atoms with Crippen molar-refractivity contribution in [1.29, 1.82) is 0 Å². The van der Waals surface area contributed by atoms with Crippen molar-refractivity contribution >= 4 is 23.5 Å². The van der Waals surface area contributed by atoms with Gasteiger partial charge < -0.3 is 15.3 Å². The van der Waals surface area contributed by atoms with Gasteiger partial charge in [0.25, 0.3) is 0 Å². The molecule has 2 atom stereocenters. The molecule has 0 aromatic heterocycles. The van der Waals surface area contributed by atoms with Crippen molar-refractivity contribution in [1.82, 2.24) is 4.90 Å². The lowest BCUT2D eigenvalue weighted by molar-refractivity contribution is -0.139. The number of hydrogen-bond acceptors (Lipinski definition) is 3. The third kappa shape index (κ3) is 3.81. The van der Waals surface area contributed by atoms with Gasteiger partial charge in [0.15, 0.2) is 0 Å². The molecule has 0 bridgehead atoms. The Morgan fingerprint density at radius 2 is 2.05 bits per heavy atom. The van der Waals surface area contributed by atoms with Crippen LogP contribution >= 0.6 is 0 Å². The number of hydrogen-bond donors (Lipinski definition) is 2. The van der Waals surface area contributed by atoms with Gasteiger partial charge in [0.2, 0.25) is 11.8 Å². The number of amides is 2. The third-order valence-corrected chi connectivity index (χ3v) is 3.60. The summed E-state index contributed by atoms with van der Waals surface area (Å²) < 4.78 is 0. The van der Waals surface area contributed by atoms with Crippen LogP contribution in [0, 0.1) is 11.8 Å². The number of aliphatic carboxylic acids is 1. The topological polar surface area (TPSA) is 86.7 Å². The fourth-order valence-electron chi connectivity index (χ4n) is 2.13. The first kappa shape index (κ1) is 15.0. The standard InChI is InChI=1S/C15H18N2O4/c1-9(18)17(2)8-10-4-3-5-11(6-10)16-14(19)12-7-13(12)15(20)21/h3-6,12-13H,7-8H2,1-2H3,(H,16,19)(H,20,21)/t12-,13+/m1/s1. The molecule has 1 aliphatic carbocycles. The summed E-state index contributed by atoms with van der Waals surface area (Å²) in [6, 6.07) is 7.19. The number of carboxylic acids is 1. The molecule has 21 heavy (non-hydrogen) atoms. The summed E-state index contributed by atoms with van der Waals surface area (Å²) in [5, 5.41) is 11.5. The smallest absolute Gasteiger partial charge is 0.307 e. The first-order chi connectivity index (χ1) is 9.88. The number of benzene rings is 1. The summed E-state index contributed by atoms with van der Waals surface area (Å²) in [6.45, 7) is 1.95. The highest BCUT2D eigenvalue weighted by Gasteiger charge is 2.48. The van der Waals surface area contributed by atoms with E-state index < -0.39 is 17.8 Å². The number of anilines is 1. The van der Waals surface area contributed by atoms with Crippen LogP contribution in [0.4, 0.5) is 5.69 Å². The van der Waals surface area contributed by atoms with E-state index in [1.54, 1.807) is 30.1 Å². The van der Waals surface area contributed by atoms with Gasteiger partial charge in [-0.15, -0.1) is 0 Å². The molecule has 2 amide bonds. The predicted octanol–water partition coefficient (Wildman–Crippen LogP) is 1.32. The van der Waals surface area contributed by atoms with Gasteiger partial charge in [-0.05, 0) is 24.1 Å². The maximum Gasteiger partial charge on any atom is 0.307 e. The van der Waals surface area contributed by atoms with Crippen LogP contribution in [0.5, 0.6) is 0 Å². The van der Waals surface area contributed by atoms with Crippen molar-refractivity contribution in [2.45, 2.75) is 19.9 Å². The maximum atomic E-state index is 11.9. The summed E-state index contributed by atoms with van der Waals surface area (Å²) in [7, 11) is 1.70. The minimum absolute atomic E-state index is 0.0354. The summed E-state index contributed by atoms with van der Waals surface area (Å²) >= 11 is 0. The molecule has 1 saturated carbocycles. The van der Waals surface area contributed by atoms with Crippen LogP contribution in [-0.4, -0.2) is 34.8 Å². The molecular formula is C15H18N2O4. The highest BCUT2D eigenvalue weighted by molar-refractivity contribution is 5.98. The lowest BCUT2D eigenvalue weighted by Crippen LogP contribution is -2.23.